The van der Waals surface area contributed by atoms with E-state index in [9.17, 15) is 0 Å². The van der Waals surface area contributed by atoms with Crippen LogP contribution in [0.4, 0.5) is 0 Å². The van der Waals surface area contributed by atoms with E-state index in [1.165, 1.54) is 56.3 Å². The molecule has 0 radical (unpaired) electrons. The van der Waals surface area contributed by atoms with Gasteiger partial charge >= 0.3 is 0 Å². The first-order valence-corrected chi connectivity index (χ1v) is 7.71. The number of rotatable bonds is 7. The molecule has 106 valence electrons. The zero-order chi connectivity index (χ0) is 13.5. The fourth-order valence-electron chi connectivity index (χ4n) is 2.87. The van der Waals surface area contributed by atoms with Gasteiger partial charge < -0.3 is 10.2 Å². The smallest absolute Gasteiger partial charge is 0.0230 e. The summed E-state index contributed by atoms with van der Waals surface area (Å²) in [5.74, 6) is 0. The summed E-state index contributed by atoms with van der Waals surface area (Å²) in [6, 6.07) is 9.68. The SMILES string of the molecule is Cc1ccc(CN(C)CCCNC2CCCC2)cc1. The molecule has 1 aromatic carbocycles. The van der Waals surface area contributed by atoms with Crippen molar-refractivity contribution >= 4 is 0 Å². The van der Waals surface area contributed by atoms with Gasteiger partial charge in [0.1, 0.15) is 0 Å². The lowest BCUT2D eigenvalue weighted by molar-refractivity contribution is 0.316. The number of hydrogen-bond acceptors (Lipinski definition) is 2. The summed E-state index contributed by atoms with van der Waals surface area (Å²) in [5, 5.41) is 3.68. The summed E-state index contributed by atoms with van der Waals surface area (Å²) >= 11 is 0. The molecule has 0 amide bonds. The van der Waals surface area contributed by atoms with Gasteiger partial charge in [-0.3, -0.25) is 0 Å². The van der Waals surface area contributed by atoms with Crippen molar-refractivity contribution in [3.05, 3.63) is 35.4 Å². The zero-order valence-electron chi connectivity index (χ0n) is 12.5. The molecule has 2 heteroatoms. The van der Waals surface area contributed by atoms with Crippen LogP contribution < -0.4 is 5.32 Å². The van der Waals surface area contributed by atoms with Crippen LogP contribution in [0.2, 0.25) is 0 Å². The highest BCUT2D eigenvalue weighted by molar-refractivity contribution is 5.21. The molecule has 0 heterocycles. The summed E-state index contributed by atoms with van der Waals surface area (Å²) in [6.45, 7) is 5.54. The van der Waals surface area contributed by atoms with Crippen molar-refractivity contribution in [1.29, 1.82) is 0 Å². The zero-order valence-corrected chi connectivity index (χ0v) is 12.5. The molecule has 0 unspecified atom stereocenters. The minimum atomic E-state index is 0.808. The molecule has 1 fully saturated rings. The van der Waals surface area contributed by atoms with E-state index in [0.717, 1.165) is 12.6 Å². The van der Waals surface area contributed by atoms with E-state index in [1.54, 1.807) is 0 Å². The molecule has 2 rings (SSSR count). The van der Waals surface area contributed by atoms with E-state index < -0.39 is 0 Å². The number of hydrogen-bond donors (Lipinski definition) is 1. The second-order valence-corrected chi connectivity index (χ2v) is 6.01. The Morgan fingerprint density at radius 1 is 1.16 bits per heavy atom. The van der Waals surface area contributed by atoms with Crippen LogP contribution in [0.1, 0.15) is 43.2 Å². The largest absolute Gasteiger partial charge is 0.314 e. The van der Waals surface area contributed by atoms with Crippen molar-refractivity contribution < 1.29 is 0 Å². The van der Waals surface area contributed by atoms with Gasteiger partial charge in [-0.1, -0.05) is 42.7 Å². The van der Waals surface area contributed by atoms with E-state index in [2.05, 4.69) is 48.5 Å². The highest BCUT2D eigenvalue weighted by atomic mass is 15.1. The van der Waals surface area contributed by atoms with Crippen molar-refractivity contribution in [2.24, 2.45) is 0 Å². The first-order chi connectivity index (χ1) is 9.24. The first-order valence-electron chi connectivity index (χ1n) is 7.71. The standard InChI is InChI=1S/C17H28N2/c1-15-8-10-16(11-9-15)14-19(2)13-5-12-18-17-6-3-4-7-17/h8-11,17-18H,3-7,12-14H2,1-2H3. The molecule has 19 heavy (non-hydrogen) atoms. The summed E-state index contributed by atoms with van der Waals surface area (Å²) in [4.78, 5) is 2.42. The van der Waals surface area contributed by atoms with E-state index in [0.29, 0.717) is 0 Å². The van der Waals surface area contributed by atoms with Crippen LogP contribution in [0.3, 0.4) is 0 Å². The molecule has 0 aromatic heterocycles. The van der Waals surface area contributed by atoms with E-state index in [-0.39, 0.29) is 0 Å². The van der Waals surface area contributed by atoms with Gasteiger partial charge in [0, 0.05) is 12.6 Å². The maximum Gasteiger partial charge on any atom is 0.0230 e. The number of benzene rings is 1. The van der Waals surface area contributed by atoms with Crippen LogP contribution in [-0.2, 0) is 6.54 Å². The quantitative estimate of drug-likeness (QED) is 0.756. The van der Waals surface area contributed by atoms with Crippen molar-refractivity contribution in [3.63, 3.8) is 0 Å². The summed E-state index contributed by atoms with van der Waals surface area (Å²) in [7, 11) is 2.22. The Balaban J connectivity index is 1.58. The fourth-order valence-corrected chi connectivity index (χ4v) is 2.87. The van der Waals surface area contributed by atoms with E-state index in [4.69, 9.17) is 0 Å². The lowest BCUT2D eigenvalue weighted by Crippen LogP contribution is -2.29. The van der Waals surface area contributed by atoms with Crippen molar-refractivity contribution in [3.8, 4) is 0 Å². The van der Waals surface area contributed by atoms with Crippen LogP contribution in [0.5, 0.6) is 0 Å². The topological polar surface area (TPSA) is 15.3 Å². The van der Waals surface area contributed by atoms with Gasteiger partial charge in [-0.05, 0) is 51.9 Å². The molecule has 1 aliphatic rings. The van der Waals surface area contributed by atoms with Gasteiger partial charge in [-0.25, -0.2) is 0 Å². The minimum Gasteiger partial charge on any atom is -0.314 e. The lowest BCUT2D eigenvalue weighted by atomic mass is 10.1. The predicted octanol–water partition coefficient (Wildman–Crippen LogP) is 3.35. The number of nitrogens with zero attached hydrogens (tertiary/aromatic N) is 1. The third-order valence-corrected chi connectivity index (χ3v) is 4.08. The summed E-state index contributed by atoms with van der Waals surface area (Å²) in [6.07, 6.45) is 6.87. The van der Waals surface area contributed by atoms with E-state index in [1.807, 2.05) is 0 Å². The average Bonchev–Trinajstić information content (AvgIpc) is 2.91. The molecule has 1 saturated carbocycles. The maximum atomic E-state index is 3.68. The number of aryl methyl sites for hydroxylation is 1. The van der Waals surface area contributed by atoms with Gasteiger partial charge in [0.15, 0.2) is 0 Å². The fraction of sp³-hybridized carbons (Fsp3) is 0.647. The van der Waals surface area contributed by atoms with E-state index >= 15 is 0 Å². The Bertz CT molecular complexity index is 352. The molecule has 0 saturated heterocycles. The maximum absolute atomic E-state index is 3.68. The van der Waals surface area contributed by atoms with Crippen LogP contribution in [-0.4, -0.2) is 31.1 Å². The lowest BCUT2D eigenvalue weighted by Gasteiger charge is -2.18. The van der Waals surface area contributed by atoms with Gasteiger partial charge in [0.2, 0.25) is 0 Å². The molecule has 1 aliphatic carbocycles. The highest BCUT2D eigenvalue weighted by Crippen LogP contribution is 2.17. The third kappa shape index (κ3) is 5.33. The molecule has 1 N–H and O–H groups in total. The van der Waals surface area contributed by atoms with Gasteiger partial charge in [-0.15, -0.1) is 0 Å². The normalized spacial score (nSPS) is 16.4. The van der Waals surface area contributed by atoms with Crippen molar-refractivity contribution in [1.82, 2.24) is 10.2 Å². The Kier molecular flexibility index (Phi) is 5.87. The Morgan fingerprint density at radius 2 is 1.84 bits per heavy atom. The molecule has 0 atom stereocenters. The Hall–Kier alpha value is -0.860. The molecule has 2 nitrogen and oxygen atoms in total. The van der Waals surface area contributed by atoms with Gasteiger partial charge in [0.25, 0.3) is 0 Å². The van der Waals surface area contributed by atoms with Crippen LogP contribution in [0.15, 0.2) is 24.3 Å². The van der Waals surface area contributed by atoms with Crippen LogP contribution in [0, 0.1) is 6.92 Å². The summed E-state index contributed by atoms with van der Waals surface area (Å²) in [5.41, 5.74) is 2.75. The second-order valence-electron chi connectivity index (χ2n) is 6.01. The first kappa shape index (κ1) is 14.5. The van der Waals surface area contributed by atoms with Crippen LogP contribution >= 0.6 is 0 Å². The monoisotopic (exact) mass is 260 g/mol. The second kappa shape index (κ2) is 7.66. The molecular formula is C17H28N2. The molecular weight excluding hydrogens is 232 g/mol. The van der Waals surface area contributed by atoms with Crippen molar-refractivity contribution in [2.75, 3.05) is 20.1 Å². The summed E-state index contributed by atoms with van der Waals surface area (Å²) < 4.78 is 0. The molecule has 0 aliphatic heterocycles. The molecule has 0 spiro atoms. The third-order valence-electron chi connectivity index (χ3n) is 4.08. The Labute approximate surface area is 118 Å². The van der Waals surface area contributed by atoms with Gasteiger partial charge in [0.05, 0.1) is 0 Å². The van der Waals surface area contributed by atoms with Crippen molar-refractivity contribution in [2.45, 2.75) is 51.6 Å². The molecule has 1 aromatic rings. The van der Waals surface area contributed by atoms with Gasteiger partial charge in [-0.2, -0.15) is 0 Å². The van der Waals surface area contributed by atoms with Crippen LogP contribution in [0.25, 0.3) is 0 Å². The highest BCUT2D eigenvalue weighted by Gasteiger charge is 2.13. The minimum absolute atomic E-state index is 0.808. The Morgan fingerprint density at radius 3 is 2.53 bits per heavy atom. The average molecular weight is 260 g/mol. The number of nitrogens with one attached hydrogen (secondary N) is 1. The predicted molar refractivity (Wildman–Crippen MR) is 82.4 cm³/mol. The molecule has 0 bridgehead atoms.